The number of epoxide rings is 4. The Morgan fingerprint density at radius 1 is 0.632 bits per heavy atom. The molecule has 0 aromatic heterocycles. The molecule has 4 saturated carbocycles. The van der Waals surface area contributed by atoms with Gasteiger partial charge in [0, 0.05) is 26.4 Å². The predicted molar refractivity (Wildman–Crippen MR) is 259 cm³/mol. The summed E-state index contributed by atoms with van der Waals surface area (Å²) in [5.74, 6) is 0.921. The van der Waals surface area contributed by atoms with Gasteiger partial charge in [0.2, 0.25) is 0 Å². The minimum Gasteiger partial charge on any atom is -0.870 e. The SMILES string of the molecule is C1CCC(CC2CCCCC2)CC1.CO[C@@H]1[C@H](O)CC[C@]2(CO2)[C@H]1[C@]1(C)O[C@@H]1CC=C(C)C.CO[C@@H]1[C@H](OC(=O)/C=C/C=C/C=C/C=C/C(=O)O)CC[C@]2(CO2)[C@H]1[C@]1(C)O[C@@H]1CC=C(C)C.[Na+].[OH-]. The minimum atomic E-state index is -1.00. The molecule has 8 rings (SSSR count). The van der Waals surface area contributed by atoms with E-state index >= 15 is 0 Å². The molecule has 2 spiro atoms. The number of carbonyl (C=O) groups excluding carboxylic acids is 1. The molecular formula is C55H85NaO12. The summed E-state index contributed by atoms with van der Waals surface area (Å²) in [7, 11) is 3.33. The van der Waals surface area contributed by atoms with E-state index in [1.54, 1.807) is 76.7 Å². The Hall–Kier alpha value is -1.94. The zero-order chi connectivity index (χ0) is 47.5. The van der Waals surface area contributed by atoms with E-state index in [0.29, 0.717) is 13.0 Å². The van der Waals surface area contributed by atoms with Gasteiger partial charge in [0.15, 0.2) is 0 Å². The van der Waals surface area contributed by atoms with Gasteiger partial charge in [-0.05, 0) is 98.3 Å². The van der Waals surface area contributed by atoms with Gasteiger partial charge in [0.1, 0.15) is 29.0 Å². The van der Waals surface area contributed by atoms with Gasteiger partial charge < -0.3 is 48.8 Å². The molecule has 8 aliphatic rings. The van der Waals surface area contributed by atoms with E-state index in [2.05, 4.69) is 53.7 Å². The summed E-state index contributed by atoms with van der Waals surface area (Å²) < 4.78 is 41.2. The molecule has 0 amide bonds. The molecule has 4 heterocycles. The smallest absolute Gasteiger partial charge is 0.870 e. The van der Waals surface area contributed by atoms with Gasteiger partial charge in [0.05, 0.1) is 55.1 Å². The third-order valence-corrected chi connectivity index (χ3v) is 15.9. The van der Waals surface area contributed by atoms with Crippen LogP contribution >= 0.6 is 0 Å². The van der Waals surface area contributed by atoms with Crippen molar-refractivity contribution in [2.45, 2.75) is 210 Å². The Balaban J connectivity index is 0.000000243. The molecule has 8 fully saturated rings. The van der Waals surface area contributed by atoms with Crippen LogP contribution in [0.4, 0.5) is 0 Å². The summed E-state index contributed by atoms with van der Waals surface area (Å²) in [4.78, 5) is 22.8. The first-order valence-corrected chi connectivity index (χ1v) is 25.3. The second kappa shape index (κ2) is 26.7. The van der Waals surface area contributed by atoms with E-state index in [1.165, 1.54) is 61.8 Å². The number of carbonyl (C=O) groups is 2. The number of ether oxygens (including phenoxy) is 7. The van der Waals surface area contributed by atoms with Gasteiger partial charge in [-0.15, -0.1) is 0 Å². The fraction of sp³-hybridized carbons (Fsp3) is 0.745. The largest absolute Gasteiger partial charge is 1.00 e. The Morgan fingerprint density at radius 2 is 1.06 bits per heavy atom. The van der Waals surface area contributed by atoms with Crippen molar-refractivity contribution in [3.8, 4) is 0 Å². The van der Waals surface area contributed by atoms with Crippen molar-refractivity contribution < 1.29 is 88.0 Å². The topological polar surface area (TPSA) is 182 Å². The van der Waals surface area contributed by atoms with Gasteiger partial charge in [-0.25, -0.2) is 9.59 Å². The Kier molecular flexibility index (Phi) is 23.0. The zero-order valence-electron chi connectivity index (χ0n) is 43.0. The van der Waals surface area contributed by atoms with E-state index in [-0.39, 0.29) is 99.8 Å². The second-order valence-electron chi connectivity index (χ2n) is 21.4. The van der Waals surface area contributed by atoms with Crippen LogP contribution in [-0.2, 0) is 42.7 Å². The van der Waals surface area contributed by atoms with Crippen LogP contribution < -0.4 is 29.6 Å². The van der Waals surface area contributed by atoms with Gasteiger partial charge >= 0.3 is 41.5 Å². The number of aliphatic hydroxyl groups excluding tert-OH is 1. The van der Waals surface area contributed by atoms with Crippen molar-refractivity contribution in [3.05, 3.63) is 71.9 Å². The monoisotopic (exact) mass is 961 g/mol. The number of aliphatic carboxylic acids is 1. The van der Waals surface area contributed by atoms with Gasteiger partial charge in [-0.3, -0.25) is 0 Å². The second-order valence-corrected chi connectivity index (χ2v) is 21.4. The molecule has 12 atom stereocenters. The normalized spacial score (nSPS) is 37.3. The van der Waals surface area contributed by atoms with Crippen LogP contribution in [0.5, 0.6) is 0 Å². The first-order valence-electron chi connectivity index (χ1n) is 25.3. The van der Waals surface area contributed by atoms with E-state index < -0.39 is 18.0 Å². The Labute approximate surface area is 430 Å². The van der Waals surface area contributed by atoms with Crippen LogP contribution in [0.2, 0.25) is 0 Å². The van der Waals surface area contributed by atoms with Crippen LogP contribution in [0.3, 0.4) is 0 Å². The predicted octanol–water partition coefficient (Wildman–Crippen LogP) is 7.33. The molecule has 378 valence electrons. The summed E-state index contributed by atoms with van der Waals surface area (Å²) >= 11 is 0. The molecule has 0 unspecified atom stereocenters. The average molecular weight is 961 g/mol. The number of aliphatic hydroxyl groups is 1. The van der Waals surface area contributed by atoms with Gasteiger partial charge in [-0.1, -0.05) is 124 Å². The summed E-state index contributed by atoms with van der Waals surface area (Å²) in [5.41, 5.74) is 1.61. The van der Waals surface area contributed by atoms with Crippen LogP contribution in [0.1, 0.15) is 151 Å². The van der Waals surface area contributed by atoms with E-state index in [9.17, 15) is 14.7 Å². The van der Waals surface area contributed by atoms with E-state index in [0.717, 1.165) is 56.6 Å². The Morgan fingerprint density at radius 3 is 1.49 bits per heavy atom. The number of carboxylic acid groups (broad SMARTS) is 1. The number of esters is 1. The summed E-state index contributed by atoms with van der Waals surface area (Å²) in [6.07, 6.45) is 37.3. The van der Waals surface area contributed by atoms with Crippen molar-refractivity contribution in [2.75, 3.05) is 27.4 Å². The molecule has 0 aromatic carbocycles. The first-order chi connectivity index (χ1) is 31.6. The summed E-state index contributed by atoms with van der Waals surface area (Å²) in [6.45, 7) is 14.1. The number of hydrogen-bond acceptors (Lipinski definition) is 11. The maximum Gasteiger partial charge on any atom is 1.00 e. The molecule has 4 aliphatic carbocycles. The number of rotatable bonds is 16. The van der Waals surface area contributed by atoms with Gasteiger partial charge in [0.25, 0.3) is 0 Å². The van der Waals surface area contributed by atoms with Crippen molar-refractivity contribution in [1.82, 2.24) is 0 Å². The molecule has 68 heavy (non-hydrogen) atoms. The van der Waals surface area contributed by atoms with E-state index in [4.69, 9.17) is 38.3 Å². The number of allylic oxidation sites excluding steroid dienone is 8. The average Bonchev–Trinajstić information content (AvgIpc) is 4.18. The summed E-state index contributed by atoms with van der Waals surface area (Å²) in [6, 6.07) is 0. The number of methoxy groups -OCH3 is 2. The van der Waals surface area contributed by atoms with Crippen LogP contribution in [0.15, 0.2) is 71.9 Å². The molecule has 4 aliphatic heterocycles. The van der Waals surface area contributed by atoms with Crippen LogP contribution in [-0.4, -0.2) is 114 Å². The first kappa shape index (κ1) is 58.6. The molecule has 13 heteroatoms. The molecule has 4 saturated heterocycles. The minimum absolute atomic E-state index is 0. The zero-order valence-corrected chi connectivity index (χ0v) is 45.0. The maximum atomic E-state index is 12.4. The fourth-order valence-corrected chi connectivity index (χ4v) is 12.1. The van der Waals surface area contributed by atoms with Gasteiger partial charge in [-0.2, -0.15) is 0 Å². The standard InChI is InChI=1S/C26H34O7.C16H26O4.C13H24.Na.H2O/c1-18(2)13-14-20-25(3,33-20)24-23(30-4)19(15-16-26(24)17-31-26)32-22(29)12-10-8-6-5-7-9-11-21(27)28;1-10(2)5-6-12-15(3,20-12)14-13(18-4)11(17)7-8-16(14)9-19-16;1-3-7-12(8-4-1)11-13-9-5-2-6-10-13;;/h5-13,19-20,23-24H,14-17H2,1-4H3,(H,27,28);5,11-14,17H,6-9H2,1-4H3;12-13H,1-11H2;;1H2/q;;;+1;/p-1/b7-5+,8-6+,11-9+,12-10+;;;;/t19-,20-,23-,24-,25-,26+;11-,12-,13-,14-,15-,16+;;;/m11.../s1. The molecular weight excluding hydrogens is 876 g/mol. The van der Waals surface area contributed by atoms with Crippen LogP contribution in [0.25, 0.3) is 0 Å². The molecule has 3 N–H and O–H groups in total. The van der Waals surface area contributed by atoms with Crippen molar-refractivity contribution in [2.24, 2.45) is 23.7 Å². The summed E-state index contributed by atoms with van der Waals surface area (Å²) in [5, 5.41) is 18.8. The van der Waals surface area contributed by atoms with Crippen molar-refractivity contribution in [1.29, 1.82) is 0 Å². The van der Waals surface area contributed by atoms with Crippen molar-refractivity contribution in [3.63, 3.8) is 0 Å². The number of carboxylic acids is 1. The van der Waals surface area contributed by atoms with Crippen molar-refractivity contribution >= 4 is 11.9 Å². The molecule has 12 nitrogen and oxygen atoms in total. The Bertz CT molecular complexity index is 1760. The fourth-order valence-electron chi connectivity index (χ4n) is 12.1. The molecule has 0 radical (unpaired) electrons. The quantitative estimate of drug-likeness (QED) is 0.0393. The third kappa shape index (κ3) is 15.8. The third-order valence-electron chi connectivity index (χ3n) is 15.9. The van der Waals surface area contributed by atoms with E-state index in [1.807, 2.05) is 0 Å². The maximum absolute atomic E-state index is 12.4. The number of hydrogen-bond donors (Lipinski definition) is 2. The van der Waals surface area contributed by atoms with Crippen LogP contribution in [0, 0.1) is 23.7 Å². The molecule has 0 bridgehead atoms. The molecule has 0 aromatic rings.